The molecule has 0 spiro atoms. The number of nitrogens with one attached hydrogen (secondary N) is 1. The normalized spacial score (nSPS) is 14.5. The van der Waals surface area contributed by atoms with Crippen LogP contribution in [0.2, 0.25) is 0 Å². The number of benzene rings is 2. The molecule has 4 heteroatoms. The maximum Gasteiger partial charge on any atom is 0.255 e. The first-order valence-electron chi connectivity index (χ1n) is 8.49. The lowest BCUT2D eigenvalue weighted by Crippen LogP contribution is -2.29. The minimum absolute atomic E-state index is 0.101. The molecule has 1 saturated heterocycles. The Kier molecular flexibility index (Phi) is 5.41. The number of hydrogen-bond acceptors (Lipinski definition) is 2. The van der Waals surface area contributed by atoms with Crippen molar-refractivity contribution in [1.29, 1.82) is 0 Å². The molecule has 1 aliphatic rings. The monoisotopic (exact) mass is 342 g/mol. The smallest absolute Gasteiger partial charge is 0.255 e. The lowest BCUT2D eigenvalue weighted by atomic mass is 10.1. The maximum atomic E-state index is 12.5. The predicted molar refractivity (Wildman–Crippen MR) is 101 cm³/mol. The highest BCUT2D eigenvalue weighted by Gasteiger charge is 2.13. The van der Waals surface area contributed by atoms with Crippen molar-refractivity contribution in [3.63, 3.8) is 0 Å². The summed E-state index contributed by atoms with van der Waals surface area (Å²) in [7, 11) is 0. The van der Waals surface area contributed by atoms with Crippen LogP contribution in [0, 0.1) is 6.92 Å². The third-order valence-corrected chi connectivity index (χ3v) is 4.83. The summed E-state index contributed by atoms with van der Waals surface area (Å²) >= 11 is 5.84. The van der Waals surface area contributed by atoms with Gasteiger partial charge in [0.2, 0.25) is 0 Å². The van der Waals surface area contributed by atoms with E-state index in [4.69, 9.17) is 11.6 Å². The third kappa shape index (κ3) is 3.90. The van der Waals surface area contributed by atoms with Crippen LogP contribution in [-0.2, 0) is 5.88 Å². The van der Waals surface area contributed by atoms with Crippen LogP contribution < -0.4 is 10.2 Å². The first kappa shape index (κ1) is 16.8. The SMILES string of the molecule is Cc1cc(N2CCCCC2)ccc1NC(=O)c1cccc(CCl)c1. The van der Waals surface area contributed by atoms with Crippen LogP contribution in [0.1, 0.15) is 40.7 Å². The van der Waals surface area contributed by atoms with E-state index in [9.17, 15) is 4.79 Å². The quantitative estimate of drug-likeness (QED) is 0.795. The summed E-state index contributed by atoms with van der Waals surface area (Å²) in [6, 6.07) is 13.7. The minimum atomic E-state index is -0.101. The van der Waals surface area contributed by atoms with E-state index in [0.717, 1.165) is 29.9 Å². The predicted octanol–water partition coefficient (Wildman–Crippen LogP) is 4.98. The molecule has 24 heavy (non-hydrogen) atoms. The fraction of sp³-hybridized carbons (Fsp3) is 0.350. The fourth-order valence-corrected chi connectivity index (χ4v) is 3.29. The van der Waals surface area contributed by atoms with Crippen molar-refractivity contribution >= 4 is 28.9 Å². The number of carbonyl (C=O) groups is 1. The molecule has 1 heterocycles. The van der Waals surface area contributed by atoms with Crippen LogP contribution in [0.4, 0.5) is 11.4 Å². The summed E-state index contributed by atoms with van der Waals surface area (Å²) in [4.78, 5) is 14.9. The van der Waals surface area contributed by atoms with E-state index in [1.165, 1.54) is 24.9 Å². The zero-order valence-electron chi connectivity index (χ0n) is 14.0. The lowest BCUT2D eigenvalue weighted by molar-refractivity contribution is 0.102. The van der Waals surface area contributed by atoms with Crippen LogP contribution in [0.15, 0.2) is 42.5 Å². The zero-order valence-corrected chi connectivity index (χ0v) is 14.8. The van der Waals surface area contributed by atoms with Crippen molar-refractivity contribution in [2.45, 2.75) is 32.1 Å². The van der Waals surface area contributed by atoms with E-state index in [1.807, 2.05) is 37.3 Å². The molecule has 126 valence electrons. The number of alkyl halides is 1. The molecule has 0 bridgehead atoms. The van der Waals surface area contributed by atoms with E-state index in [0.29, 0.717) is 11.4 Å². The summed E-state index contributed by atoms with van der Waals surface area (Å²) < 4.78 is 0. The standard InChI is InChI=1S/C20H23ClN2O/c1-15-12-18(23-10-3-2-4-11-23)8-9-19(15)22-20(24)17-7-5-6-16(13-17)14-21/h5-9,12-13H,2-4,10-11,14H2,1H3,(H,22,24). The number of aryl methyl sites for hydroxylation is 1. The Bertz CT molecular complexity index is 723. The van der Waals surface area contributed by atoms with E-state index >= 15 is 0 Å². The van der Waals surface area contributed by atoms with Gasteiger partial charge < -0.3 is 10.2 Å². The Labute approximate surface area is 148 Å². The van der Waals surface area contributed by atoms with E-state index < -0.39 is 0 Å². The second-order valence-electron chi connectivity index (χ2n) is 6.34. The Balaban J connectivity index is 1.73. The first-order chi connectivity index (χ1) is 11.7. The van der Waals surface area contributed by atoms with Gasteiger partial charge >= 0.3 is 0 Å². The molecule has 0 saturated carbocycles. The van der Waals surface area contributed by atoms with Crippen molar-refractivity contribution in [1.82, 2.24) is 0 Å². The lowest BCUT2D eigenvalue weighted by Gasteiger charge is -2.29. The molecule has 1 aliphatic heterocycles. The number of carbonyl (C=O) groups excluding carboxylic acids is 1. The molecular formula is C20H23ClN2O. The Hall–Kier alpha value is -2.00. The largest absolute Gasteiger partial charge is 0.372 e. The van der Waals surface area contributed by atoms with Gasteiger partial charge in [-0.1, -0.05) is 12.1 Å². The van der Waals surface area contributed by atoms with Crippen LogP contribution in [0.3, 0.4) is 0 Å². The highest BCUT2D eigenvalue weighted by molar-refractivity contribution is 6.17. The van der Waals surface area contributed by atoms with E-state index in [1.54, 1.807) is 0 Å². The van der Waals surface area contributed by atoms with Gasteiger partial charge in [0.15, 0.2) is 0 Å². The van der Waals surface area contributed by atoms with E-state index in [2.05, 4.69) is 22.3 Å². The summed E-state index contributed by atoms with van der Waals surface area (Å²) in [6.07, 6.45) is 3.84. The van der Waals surface area contributed by atoms with Gasteiger partial charge in [-0.05, 0) is 67.6 Å². The summed E-state index contributed by atoms with van der Waals surface area (Å²) in [5.74, 6) is 0.306. The van der Waals surface area contributed by atoms with Crippen molar-refractivity contribution < 1.29 is 4.79 Å². The molecule has 0 aromatic heterocycles. The maximum absolute atomic E-state index is 12.5. The molecule has 3 nitrogen and oxygen atoms in total. The van der Waals surface area contributed by atoms with Gasteiger partial charge in [-0.3, -0.25) is 4.79 Å². The minimum Gasteiger partial charge on any atom is -0.372 e. The van der Waals surface area contributed by atoms with Crippen molar-refractivity contribution in [3.05, 3.63) is 59.2 Å². The fourth-order valence-electron chi connectivity index (χ4n) is 3.13. The van der Waals surface area contributed by atoms with Crippen LogP contribution in [0.25, 0.3) is 0 Å². The van der Waals surface area contributed by atoms with Crippen molar-refractivity contribution in [2.24, 2.45) is 0 Å². The number of nitrogens with zero attached hydrogens (tertiary/aromatic N) is 1. The molecule has 0 unspecified atom stereocenters. The molecule has 0 radical (unpaired) electrons. The number of rotatable bonds is 4. The van der Waals surface area contributed by atoms with Gasteiger partial charge in [0.1, 0.15) is 0 Å². The van der Waals surface area contributed by atoms with Crippen LogP contribution in [0.5, 0.6) is 0 Å². The Morgan fingerprint density at radius 1 is 1.12 bits per heavy atom. The number of anilines is 2. The van der Waals surface area contributed by atoms with Crippen LogP contribution in [-0.4, -0.2) is 19.0 Å². The third-order valence-electron chi connectivity index (χ3n) is 4.52. The topological polar surface area (TPSA) is 32.3 Å². The molecule has 0 atom stereocenters. The molecular weight excluding hydrogens is 320 g/mol. The number of piperidine rings is 1. The zero-order chi connectivity index (χ0) is 16.9. The Morgan fingerprint density at radius 3 is 2.62 bits per heavy atom. The van der Waals surface area contributed by atoms with Gasteiger partial charge in [0.25, 0.3) is 5.91 Å². The molecule has 2 aromatic rings. The molecule has 1 N–H and O–H groups in total. The van der Waals surface area contributed by atoms with Gasteiger partial charge in [-0.15, -0.1) is 11.6 Å². The average Bonchev–Trinajstić information content (AvgIpc) is 2.64. The van der Waals surface area contributed by atoms with Crippen LogP contribution >= 0.6 is 11.6 Å². The molecule has 3 rings (SSSR count). The molecule has 0 aliphatic carbocycles. The second-order valence-corrected chi connectivity index (χ2v) is 6.60. The van der Waals surface area contributed by atoms with E-state index in [-0.39, 0.29) is 5.91 Å². The van der Waals surface area contributed by atoms with Gasteiger partial charge in [0, 0.05) is 35.9 Å². The van der Waals surface area contributed by atoms with Crippen molar-refractivity contribution in [2.75, 3.05) is 23.3 Å². The number of halogens is 1. The number of amides is 1. The van der Waals surface area contributed by atoms with Gasteiger partial charge in [-0.2, -0.15) is 0 Å². The van der Waals surface area contributed by atoms with Gasteiger partial charge in [-0.25, -0.2) is 0 Å². The summed E-state index contributed by atoms with van der Waals surface area (Å²) in [5, 5.41) is 3.01. The molecule has 1 amide bonds. The first-order valence-corrected chi connectivity index (χ1v) is 9.02. The average molecular weight is 343 g/mol. The molecule has 2 aromatic carbocycles. The highest BCUT2D eigenvalue weighted by Crippen LogP contribution is 2.25. The number of hydrogen-bond donors (Lipinski definition) is 1. The summed E-state index contributed by atoms with van der Waals surface area (Å²) in [5.41, 5.74) is 4.76. The highest BCUT2D eigenvalue weighted by atomic mass is 35.5. The second kappa shape index (κ2) is 7.71. The Morgan fingerprint density at radius 2 is 1.92 bits per heavy atom. The van der Waals surface area contributed by atoms with Gasteiger partial charge in [0.05, 0.1) is 0 Å². The van der Waals surface area contributed by atoms with Crippen molar-refractivity contribution in [3.8, 4) is 0 Å². The summed E-state index contributed by atoms with van der Waals surface area (Å²) in [6.45, 7) is 4.28. The molecule has 1 fully saturated rings.